The van der Waals surface area contributed by atoms with E-state index in [1.165, 1.54) is 44.9 Å². The van der Waals surface area contributed by atoms with E-state index in [0.29, 0.717) is 30.7 Å². The molecule has 0 amide bonds. The highest BCUT2D eigenvalue weighted by Crippen LogP contribution is 2.49. The van der Waals surface area contributed by atoms with Gasteiger partial charge in [-0.3, -0.25) is 9.69 Å². The number of piperidine rings is 1. The Kier molecular flexibility index (Phi) is 7.11. The number of rotatable bonds is 6. The molecule has 0 spiro atoms. The molecule has 172 valence electrons. The van der Waals surface area contributed by atoms with Crippen molar-refractivity contribution >= 4 is 5.97 Å². The molecule has 30 heavy (non-hydrogen) atoms. The zero-order valence-corrected chi connectivity index (χ0v) is 19.6. The molecule has 2 aliphatic heterocycles. The molecular weight excluding hydrogens is 377 g/mol. The quantitative estimate of drug-likeness (QED) is 0.482. The summed E-state index contributed by atoms with van der Waals surface area (Å²) in [6.07, 6.45) is 12.2. The Labute approximate surface area is 183 Å². The molecule has 0 N–H and O–H groups in total. The maximum absolute atomic E-state index is 13.8. The second-order valence-corrected chi connectivity index (χ2v) is 11.5. The van der Waals surface area contributed by atoms with E-state index >= 15 is 0 Å². The summed E-state index contributed by atoms with van der Waals surface area (Å²) in [6.45, 7) is 8.76. The smallest absolute Gasteiger partial charge is 0.309 e. The molecule has 4 rings (SSSR count). The van der Waals surface area contributed by atoms with E-state index in [9.17, 15) is 9.18 Å². The van der Waals surface area contributed by atoms with Gasteiger partial charge in [-0.15, -0.1) is 0 Å². The van der Waals surface area contributed by atoms with Crippen LogP contribution in [0.1, 0.15) is 97.8 Å². The van der Waals surface area contributed by atoms with Gasteiger partial charge in [-0.2, -0.15) is 0 Å². The lowest BCUT2D eigenvalue weighted by Crippen LogP contribution is -2.75. The first-order chi connectivity index (χ1) is 14.4. The van der Waals surface area contributed by atoms with Crippen LogP contribution in [0.25, 0.3) is 0 Å². The Balaban J connectivity index is 1.39. The number of carbonyl (C=O) groups excluding carboxylic acids is 1. The first-order valence-electron chi connectivity index (χ1n) is 13.0. The predicted octanol–water partition coefficient (Wildman–Crippen LogP) is 6.15. The van der Waals surface area contributed by atoms with E-state index in [-0.39, 0.29) is 17.5 Å². The van der Waals surface area contributed by atoms with Gasteiger partial charge in [0.15, 0.2) is 0 Å². The Hall–Kier alpha value is -0.640. The zero-order chi connectivity index (χ0) is 21.3. The molecule has 4 heteroatoms. The number of fused-ring (bicyclic) bond motifs is 1. The number of nitrogens with zero attached hydrogens (tertiary/aromatic N) is 1. The fourth-order valence-electron chi connectivity index (χ4n) is 7.23. The van der Waals surface area contributed by atoms with Crippen molar-refractivity contribution in [3.63, 3.8) is 0 Å². The summed E-state index contributed by atoms with van der Waals surface area (Å²) in [4.78, 5) is 15.9. The minimum Gasteiger partial charge on any atom is -0.456 e. The molecular formula is C26H44FNO2. The minimum atomic E-state index is -0.656. The summed E-state index contributed by atoms with van der Waals surface area (Å²) in [6, 6.07) is 0.380. The number of ether oxygens (including phenoxy) is 1. The van der Waals surface area contributed by atoms with Gasteiger partial charge in [-0.25, -0.2) is 4.39 Å². The van der Waals surface area contributed by atoms with Gasteiger partial charge in [-0.1, -0.05) is 40.0 Å². The number of halogens is 1. The SMILES string of the molecule is CC(C)CC1CCC(C(C)C(=O)O[C@]2(C3CCC(F)CC3)CN3CCCC[C@@H]32)CC1. The Morgan fingerprint density at radius 3 is 2.33 bits per heavy atom. The zero-order valence-electron chi connectivity index (χ0n) is 19.6. The summed E-state index contributed by atoms with van der Waals surface area (Å²) in [5.41, 5.74) is -0.333. The average Bonchev–Trinajstić information content (AvgIpc) is 2.72. The third kappa shape index (κ3) is 4.59. The van der Waals surface area contributed by atoms with Crippen LogP contribution in [0.2, 0.25) is 0 Å². The highest BCUT2D eigenvalue weighted by Gasteiger charge is 2.60. The summed E-state index contributed by atoms with van der Waals surface area (Å²) in [7, 11) is 0. The molecule has 3 nitrogen and oxygen atoms in total. The topological polar surface area (TPSA) is 29.5 Å². The van der Waals surface area contributed by atoms with Crippen molar-refractivity contribution < 1.29 is 13.9 Å². The molecule has 0 aromatic heterocycles. The summed E-state index contributed by atoms with van der Waals surface area (Å²) in [5.74, 6) is 2.47. The van der Waals surface area contributed by atoms with Crippen molar-refractivity contribution in [1.29, 1.82) is 0 Å². The number of alkyl halides is 1. The molecule has 2 heterocycles. The van der Waals surface area contributed by atoms with Gasteiger partial charge in [0.25, 0.3) is 0 Å². The van der Waals surface area contributed by atoms with Crippen molar-refractivity contribution in [3.05, 3.63) is 0 Å². The van der Waals surface area contributed by atoms with Crippen LogP contribution in [0.4, 0.5) is 4.39 Å². The van der Waals surface area contributed by atoms with Crippen LogP contribution < -0.4 is 0 Å². The molecule has 2 aliphatic carbocycles. The largest absolute Gasteiger partial charge is 0.456 e. The fourth-order valence-corrected chi connectivity index (χ4v) is 7.23. The van der Waals surface area contributed by atoms with Gasteiger partial charge in [0.05, 0.1) is 12.0 Å². The van der Waals surface area contributed by atoms with E-state index < -0.39 is 6.17 Å². The number of carbonyl (C=O) groups is 1. The van der Waals surface area contributed by atoms with Crippen LogP contribution in [0, 0.1) is 29.6 Å². The maximum Gasteiger partial charge on any atom is 0.309 e. The van der Waals surface area contributed by atoms with Crippen LogP contribution in [0.15, 0.2) is 0 Å². The molecule has 2 saturated carbocycles. The Morgan fingerprint density at radius 2 is 1.70 bits per heavy atom. The lowest BCUT2D eigenvalue weighted by atomic mass is 9.65. The van der Waals surface area contributed by atoms with Crippen molar-refractivity contribution in [2.75, 3.05) is 13.1 Å². The average molecular weight is 422 g/mol. The van der Waals surface area contributed by atoms with E-state index in [4.69, 9.17) is 4.74 Å². The predicted molar refractivity (Wildman–Crippen MR) is 119 cm³/mol. The van der Waals surface area contributed by atoms with E-state index in [0.717, 1.165) is 44.2 Å². The van der Waals surface area contributed by atoms with Gasteiger partial charge in [0.1, 0.15) is 11.8 Å². The van der Waals surface area contributed by atoms with Crippen LogP contribution in [0.3, 0.4) is 0 Å². The Bertz CT molecular complexity index is 580. The monoisotopic (exact) mass is 421 g/mol. The standard InChI is InChI=1S/C26H44FNO2/c1-18(2)16-20-7-9-21(10-8-20)19(3)25(29)30-26(22-11-13-23(27)14-12-22)17-28-15-5-4-6-24(26)28/h18-24H,4-17H2,1-3H3/t19?,20?,21?,22?,23?,24-,26+/m1/s1. The molecule has 3 atom stereocenters. The van der Waals surface area contributed by atoms with Crippen molar-refractivity contribution in [2.45, 2.75) is 116 Å². The van der Waals surface area contributed by atoms with Crippen LogP contribution in [0.5, 0.6) is 0 Å². The number of hydrogen-bond donors (Lipinski definition) is 0. The van der Waals surface area contributed by atoms with Gasteiger partial charge >= 0.3 is 5.97 Å². The van der Waals surface area contributed by atoms with E-state index in [1.54, 1.807) is 0 Å². The maximum atomic E-state index is 13.8. The molecule has 0 radical (unpaired) electrons. The van der Waals surface area contributed by atoms with Gasteiger partial charge in [0, 0.05) is 12.5 Å². The minimum absolute atomic E-state index is 0.00275. The Morgan fingerprint density at radius 1 is 1.00 bits per heavy atom. The molecule has 0 aromatic rings. The molecule has 4 aliphatic rings. The third-order valence-corrected chi connectivity index (χ3v) is 9.04. The summed E-state index contributed by atoms with van der Waals surface area (Å²) in [5, 5.41) is 0. The normalized spacial score (nSPS) is 41.0. The highest BCUT2D eigenvalue weighted by molar-refractivity contribution is 5.73. The van der Waals surface area contributed by atoms with Crippen molar-refractivity contribution in [1.82, 2.24) is 4.90 Å². The molecule has 4 fully saturated rings. The molecule has 2 saturated heterocycles. The van der Waals surface area contributed by atoms with Crippen molar-refractivity contribution in [2.24, 2.45) is 29.6 Å². The third-order valence-electron chi connectivity index (χ3n) is 9.04. The van der Waals surface area contributed by atoms with Crippen LogP contribution in [-0.2, 0) is 9.53 Å². The second-order valence-electron chi connectivity index (χ2n) is 11.5. The van der Waals surface area contributed by atoms with Gasteiger partial charge in [-0.05, 0) is 82.1 Å². The second kappa shape index (κ2) is 9.46. The summed E-state index contributed by atoms with van der Waals surface area (Å²) < 4.78 is 20.3. The number of hydrogen-bond acceptors (Lipinski definition) is 3. The first-order valence-corrected chi connectivity index (χ1v) is 13.0. The molecule has 1 unspecified atom stereocenters. The van der Waals surface area contributed by atoms with Gasteiger partial charge in [0.2, 0.25) is 0 Å². The van der Waals surface area contributed by atoms with Crippen LogP contribution in [-0.4, -0.2) is 41.8 Å². The first kappa shape index (κ1) is 22.6. The molecule has 0 aromatic carbocycles. The van der Waals surface area contributed by atoms with E-state index in [2.05, 4.69) is 25.7 Å². The lowest BCUT2D eigenvalue weighted by Gasteiger charge is -2.62. The van der Waals surface area contributed by atoms with Gasteiger partial charge < -0.3 is 4.74 Å². The number of esters is 1. The lowest BCUT2D eigenvalue weighted by molar-refractivity contribution is -0.233. The fraction of sp³-hybridized carbons (Fsp3) is 0.962. The van der Waals surface area contributed by atoms with Crippen molar-refractivity contribution in [3.8, 4) is 0 Å². The summed E-state index contributed by atoms with van der Waals surface area (Å²) >= 11 is 0. The van der Waals surface area contributed by atoms with E-state index in [1.807, 2.05) is 0 Å². The molecule has 0 bridgehead atoms. The van der Waals surface area contributed by atoms with Crippen LogP contribution >= 0.6 is 0 Å². The highest BCUT2D eigenvalue weighted by atomic mass is 19.1.